The van der Waals surface area contributed by atoms with Gasteiger partial charge in [0.15, 0.2) is 0 Å². The highest BCUT2D eigenvalue weighted by Gasteiger charge is 1.86. The van der Waals surface area contributed by atoms with Crippen LogP contribution in [0.15, 0.2) is 0 Å². The molecule has 3 heteroatoms. The highest BCUT2D eigenvalue weighted by atomic mass is 16.1. The summed E-state index contributed by atoms with van der Waals surface area (Å²) in [5, 5.41) is 2.65. The lowest BCUT2D eigenvalue weighted by Gasteiger charge is -2.00. The molecular weight excluding hydrogens is 92.1 g/mol. The summed E-state index contributed by atoms with van der Waals surface area (Å²) in [4.78, 5) is 9.47. The highest BCUT2D eigenvalue weighted by molar-refractivity contribution is 5.52. The molecule has 0 saturated carbocycles. The van der Waals surface area contributed by atoms with Crippen LogP contribution in [0.5, 0.6) is 0 Å². The first-order chi connectivity index (χ1) is 3.27. The lowest BCUT2D eigenvalue weighted by atomic mass is 10.6. The SMILES string of the molecule is CC(N)NC[C]=O. The first kappa shape index (κ1) is 6.59. The van der Waals surface area contributed by atoms with Gasteiger partial charge in [-0.25, -0.2) is 0 Å². The van der Waals surface area contributed by atoms with Gasteiger partial charge in [-0.15, -0.1) is 0 Å². The van der Waals surface area contributed by atoms with E-state index in [-0.39, 0.29) is 12.7 Å². The predicted molar refractivity (Wildman–Crippen MR) is 27.3 cm³/mol. The van der Waals surface area contributed by atoms with E-state index in [1.165, 1.54) is 0 Å². The molecule has 0 spiro atoms. The molecular formula is C4H9N2O. The normalized spacial score (nSPS) is 13.4. The molecule has 41 valence electrons. The van der Waals surface area contributed by atoms with E-state index in [2.05, 4.69) is 5.32 Å². The van der Waals surface area contributed by atoms with Crippen LogP contribution < -0.4 is 11.1 Å². The van der Waals surface area contributed by atoms with Gasteiger partial charge >= 0.3 is 0 Å². The van der Waals surface area contributed by atoms with Crippen molar-refractivity contribution in [1.82, 2.24) is 5.32 Å². The van der Waals surface area contributed by atoms with Crippen molar-refractivity contribution in [2.75, 3.05) is 6.54 Å². The monoisotopic (exact) mass is 101 g/mol. The van der Waals surface area contributed by atoms with Gasteiger partial charge in [0.05, 0.1) is 12.7 Å². The molecule has 7 heavy (non-hydrogen) atoms. The minimum absolute atomic E-state index is 0.110. The molecule has 1 atom stereocenters. The molecule has 3 nitrogen and oxygen atoms in total. The van der Waals surface area contributed by atoms with E-state index in [1.807, 2.05) is 0 Å². The third-order valence-corrected chi connectivity index (χ3v) is 0.496. The van der Waals surface area contributed by atoms with Crippen LogP contribution in [0.4, 0.5) is 0 Å². The molecule has 0 bridgehead atoms. The van der Waals surface area contributed by atoms with E-state index >= 15 is 0 Å². The number of carbonyl (C=O) groups excluding carboxylic acids is 1. The molecule has 0 aromatic rings. The van der Waals surface area contributed by atoms with Gasteiger partial charge in [-0.3, -0.25) is 10.1 Å². The standard InChI is InChI=1S/C4H9N2O/c1-4(5)6-2-3-7/h4,6H,2,5H2,1H3. The van der Waals surface area contributed by atoms with Gasteiger partial charge in [0.25, 0.3) is 0 Å². The average molecular weight is 101 g/mol. The van der Waals surface area contributed by atoms with Crippen LogP contribution in [0, 0.1) is 0 Å². The third-order valence-electron chi connectivity index (χ3n) is 0.496. The fourth-order valence-electron chi connectivity index (χ4n) is 0.203. The fraction of sp³-hybridized carbons (Fsp3) is 0.750. The van der Waals surface area contributed by atoms with Crippen LogP contribution in [0.3, 0.4) is 0 Å². The molecule has 0 aliphatic rings. The lowest BCUT2D eigenvalue weighted by Crippen LogP contribution is -2.35. The zero-order valence-corrected chi connectivity index (χ0v) is 4.27. The Morgan fingerprint density at radius 2 is 2.57 bits per heavy atom. The third kappa shape index (κ3) is 5.59. The molecule has 1 radical (unpaired) electrons. The lowest BCUT2D eigenvalue weighted by molar-refractivity contribution is 0.535. The summed E-state index contributed by atoms with van der Waals surface area (Å²) in [6, 6.07) is 0. The van der Waals surface area contributed by atoms with Gasteiger partial charge in [0.1, 0.15) is 0 Å². The van der Waals surface area contributed by atoms with Crippen LogP contribution in [-0.2, 0) is 4.79 Å². The molecule has 0 rings (SSSR count). The maximum Gasteiger partial charge on any atom is 0.213 e. The van der Waals surface area contributed by atoms with Crippen molar-refractivity contribution in [1.29, 1.82) is 0 Å². The van der Waals surface area contributed by atoms with Crippen LogP contribution in [0.1, 0.15) is 6.92 Å². The second-order valence-corrected chi connectivity index (χ2v) is 1.31. The molecule has 0 aromatic carbocycles. The summed E-state index contributed by atoms with van der Waals surface area (Å²) in [6.07, 6.45) is 1.55. The fourth-order valence-corrected chi connectivity index (χ4v) is 0.203. The first-order valence-corrected chi connectivity index (χ1v) is 2.11. The van der Waals surface area contributed by atoms with E-state index in [1.54, 1.807) is 13.2 Å². The number of hydrogen-bond donors (Lipinski definition) is 2. The summed E-state index contributed by atoms with van der Waals surface area (Å²) >= 11 is 0. The number of nitrogens with one attached hydrogen (secondary N) is 1. The largest absolute Gasteiger partial charge is 0.316 e. The number of rotatable bonds is 3. The maximum absolute atomic E-state index is 9.47. The number of hydrogen-bond acceptors (Lipinski definition) is 3. The summed E-state index contributed by atoms with van der Waals surface area (Å²) < 4.78 is 0. The van der Waals surface area contributed by atoms with Crippen molar-refractivity contribution >= 4 is 6.29 Å². The van der Waals surface area contributed by atoms with Gasteiger partial charge in [0, 0.05) is 0 Å². The Hall–Kier alpha value is -0.410. The number of nitrogens with two attached hydrogens (primary N) is 1. The predicted octanol–water partition coefficient (Wildman–Crippen LogP) is -1.01. The van der Waals surface area contributed by atoms with Gasteiger partial charge in [-0.05, 0) is 6.92 Å². The van der Waals surface area contributed by atoms with Crippen LogP contribution in [-0.4, -0.2) is 19.0 Å². The first-order valence-electron chi connectivity index (χ1n) is 2.11. The quantitative estimate of drug-likeness (QED) is 0.448. The van der Waals surface area contributed by atoms with E-state index in [0.717, 1.165) is 0 Å². The van der Waals surface area contributed by atoms with Crippen molar-refractivity contribution in [3.63, 3.8) is 0 Å². The highest BCUT2D eigenvalue weighted by Crippen LogP contribution is 1.58. The maximum atomic E-state index is 9.47. The van der Waals surface area contributed by atoms with Crippen LogP contribution in [0.2, 0.25) is 0 Å². The second kappa shape index (κ2) is 3.77. The molecule has 3 N–H and O–H groups in total. The zero-order valence-electron chi connectivity index (χ0n) is 4.27. The Kier molecular flexibility index (Phi) is 3.55. The van der Waals surface area contributed by atoms with Crippen molar-refractivity contribution in [3.05, 3.63) is 0 Å². The topological polar surface area (TPSA) is 55.1 Å². The minimum Gasteiger partial charge on any atom is -0.316 e. The molecule has 0 aliphatic heterocycles. The van der Waals surface area contributed by atoms with Crippen LogP contribution in [0.25, 0.3) is 0 Å². The van der Waals surface area contributed by atoms with Gasteiger partial charge in [-0.1, -0.05) is 0 Å². The summed E-state index contributed by atoms with van der Waals surface area (Å²) in [5.74, 6) is 0. The van der Waals surface area contributed by atoms with Crippen molar-refractivity contribution in [2.24, 2.45) is 5.73 Å². The zero-order chi connectivity index (χ0) is 5.70. The van der Waals surface area contributed by atoms with E-state index in [0.29, 0.717) is 0 Å². The molecule has 0 fully saturated rings. The average Bonchev–Trinajstić information content (AvgIpc) is 1.61. The van der Waals surface area contributed by atoms with E-state index < -0.39 is 0 Å². The Balaban J connectivity index is 2.81. The second-order valence-electron chi connectivity index (χ2n) is 1.31. The van der Waals surface area contributed by atoms with Gasteiger partial charge in [0.2, 0.25) is 6.29 Å². The van der Waals surface area contributed by atoms with Crippen LogP contribution >= 0.6 is 0 Å². The smallest absolute Gasteiger partial charge is 0.213 e. The Labute approximate surface area is 42.9 Å². The van der Waals surface area contributed by atoms with Crippen molar-refractivity contribution < 1.29 is 4.79 Å². The van der Waals surface area contributed by atoms with E-state index in [9.17, 15) is 4.79 Å². The minimum atomic E-state index is -0.110. The Morgan fingerprint density at radius 3 is 2.71 bits per heavy atom. The summed E-state index contributed by atoms with van der Waals surface area (Å²) in [7, 11) is 0. The van der Waals surface area contributed by atoms with Gasteiger partial charge in [-0.2, -0.15) is 0 Å². The molecule has 0 aliphatic carbocycles. The summed E-state index contributed by atoms with van der Waals surface area (Å²) in [6.45, 7) is 1.98. The molecule has 0 heterocycles. The molecule has 0 saturated heterocycles. The molecule has 0 amide bonds. The summed E-state index contributed by atoms with van der Waals surface area (Å²) in [5.41, 5.74) is 5.19. The van der Waals surface area contributed by atoms with Crippen molar-refractivity contribution in [2.45, 2.75) is 13.1 Å². The van der Waals surface area contributed by atoms with Gasteiger partial charge < -0.3 is 5.73 Å². The molecule has 1 unspecified atom stereocenters. The Morgan fingerprint density at radius 1 is 2.00 bits per heavy atom. The Bertz CT molecular complexity index is 53.7. The van der Waals surface area contributed by atoms with E-state index in [4.69, 9.17) is 5.73 Å². The van der Waals surface area contributed by atoms with Crippen molar-refractivity contribution in [3.8, 4) is 0 Å². The molecule has 0 aromatic heterocycles.